The number of hydrogen-bond donors (Lipinski definition) is 9. The molecule has 0 aromatic carbocycles. The lowest BCUT2D eigenvalue weighted by atomic mass is 10.1. The highest BCUT2D eigenvalue weighted by molar-refractivity contribution is 7.99. The van der Waals surface area contributed by atoms with Crippen molar-refractivity contribution in [2.24, 2.45) is 7.05 Å². The van der Waals surface area contributed by atoms with Gasteiger partial charge in [-0.2, -0.15) is 4.98 Å². The summed E-state index contributed by atoms with van der Waals surface area (Å²) in [6, 6.07) is 0. The summed E-state index contributed by atoms with van der Waals surface area (Å²) in [4.78, 5) is 53.4. The average Bonchev–Trinajstić information content (AvgIpc) is 3.91. The molecule has 23 nitrogen and oxygen atoms in total. The summed E-state index contributed by atoms with van der Waals surface area (Å²) in [5, 5.41) is 40.6. The van der Waals surface area contributed by atoms with Gasteiger partial charge in [-0.3, -0.25) is 4.57 Å². The van der Waals surface area contributed by atoms with Crippen molar-refractivity contribution < 1.29 is 25.0 Å². The molecule has 7 aromatic heterocycles. The van der Waals surface area contributed by atoms with E-state index in [4.69, 9.17) is 45.7 Å². The van der Waals surface area contributed by atoms with Gasteiger partial charge in [-0.05, 0) is 21.7 Å². The molecule has 50 heavy (non-hydrogen) atoms. The Kier molecular flexibility index (Phi) is 9.72. The van der Waals surface area contributed by atoms with E-state index < -0.39 is 36.1 Å². The summed E-state index contributed by atoms with van der Waals surface area (Å²) in [5.74, 6) is -0.0738. The molecule has 4 atom stereocenters. The van der Waals surface area contributed by atoms with Crippen molar-refractivity contribution >= 4 is 87.4 Å². The van der Waals surface area contributed by atoms with Crippen LogP contribution in [-0.2, 0) is 11.8 Å². The molecule has 1 aliphatic heterocycles. The van der Waals surface area contributed by atoms with E-state index in [9.17, 15) is 20.3 Å². The van der Waals surface area contributed by atoms with Crippen molar-refractivity contribution in [3.05, 3.63) is 51.0 Å². The molecule has 1 fully saturated rings. The van der Waals surface area contributed by atoms with Gasteiger partial charge in [0, 0.05) is 7.05 Å². The lowest BCUT2D eigenvalue weighted by molar-refractivity contribution is -0.392. The molecule has 0 saturated carbocycles. The maximum atomic E-state index is 10.9. The molecule has 260 valence electrons. The van der Waals surface area contributed by atoms with Gasteiger partial charge in [0.1, 0.15) is 45.5 Å². The molecule has 0 unspecified atom stereocenters. The number of anilines is 2. The van der Waals surface area contributed by atoms with E-state index in [1.54, 1.807) is 17.9 Å². The van der Waals surface area contributed by atoms with Crippen LogP contribution in [0.1, 0.15) is 6.23 Å². The first-order valence-corrected chi connectivity index (χ1v) is 15.6. The van der Waals surface area contributed by atoms with E-state index in [0.29, 0.717) is 37.0 Å². The summed E-state index contributed by atoms with van der Waals surface area (Å²) in [6.45, 7) is -0.402. The summed E-state index contributed by atoms with van der Waals surface area (Å²) in [5.41, 5.74) is 14.6. The van der Waals surface area contributed by atoms with Crippen LogP contribution in [0.3, 0.4) is 0 Å². The maximum absolute atomic E-state index is 10.9. The van der Waals surface area contributed by atoms with Crippen LogP contribution < -0.4 is 11.5 Å². The highest BCUT2D eigenvalue weighted by Gasteiger charge is 2.43. The molecule has 26 heteroatoms. The lowest BCUT2D eigenvalue weighted by Crippen LogP contribution is -2.33. The number of fused-ring (bicyclic) bond motifs is 3. The topological polar surface area (TPSA) is 341 Å². The van der Waals surface area contributed by atoms with Crippen molar-refractivity contribution in [1.82, 2.24) is 68.9 Å². The first-order valence-electron chi connectivity index (χ1n) is 14.0. The summed E-state index contributed by atoms with van der Waals surface area (Å²) in [6.07, 6.45) is 3.18. The average molecular weight is 744 g/mol. The SMILES string of the molecule is Cn1cnc([N+](=O)[O-])c1Sc1nc(N)nc2nc[nH]c12.Nc1nc(=S)c2ncn([C@@H]3O[C@H](CO)[C@@H](O)[C@H]3O)c2[nH]1.S=c1nc[nH]c2nc[nH]c12. The predicted molar refractivity (Wildman–Crippen MR) is 179 cm³/mol. The zero-order chi connectivity index (χ0) is 35.7. The van der Waals surface area contributed by atoms with Crippen molar-refractivity contribution in [1.29, 1.82) is 0 Å². The van der Waals surface area contributed by atoms with Gasteiger partial charge in [0.25, 0.3) is 0 Å². The smallest absolute Gasteiger partial charge is 0.394 e. The Balaban J connectivity index is 0.000000137. The van der Waals surface area contributed by atoms with Crippen molar-refractivity contribution in [3.8, 4) is 0 Å². The minimum absolute atomic E-state index is 0.0527. The van der Waals surface area contributed by atoms with Gasteiger partial charge in [-0.1, -0.05) is 24.4 Å². The number of aromatic amines is 4. The minimum atomic E-state index is -1.21. The Morgan fingerprint density at radius 2 is 1.72 bits per heavy atom. The zero-order valence-electron chi connectivity index (χ0n) is 25.3. The fourth-order valence-electron chi connectivity index (χ4n) is 4.68. The van der Waals surface area contributed by atoms with E-state index in [0.717, 1.165) is 22.9 Å². The highest BCUT2D eigenvalue weighted by atomic mass is 32.2. The molecule has 7 aromatic rings. The number of hydrogen-bond acceptors (Lipinski definition) is 19. The van der Waals surface area contributed by atoms with E-state index in [2.05, 4.69) is 59.8 Å². The standard InChI is InChI=1S/C10H13N5O4S.C9H8N8O2S.C5H4N4S/c11-10-13-7-4(8(20)14-10)12-2-15(7)9-6(18)5(17)3(1-16)19-9;1-16-3-13-6(17(18)19)8(16)20-7-4-5(12-2-11-4)14-9(10)15-7;10-5-3-4(7-1-6-3)8-2-9-5/h2-3,5-6,9,16-18H,1H2,(H3,11,13,14,20);2-3H,1H3,(H3,10,11,12,14,15);1-2H,(H2,6,7,8,9,10)/t3-,5-,6-,9-;;/m1../s1. The summed E-state index contributed by atoms with van der Waals surface area (Å²) >= 11 is 11.0. The second kappa shape index (κ2) is 14.2. The van der Waals surface area contributed by atoms with Gasteiger partial charge in [-0.25, -0.2) is 29.9 Å². The number of aryl methyl sites for hydroxylation is 1. The fourth-order valence-corrected chi connectivity index (χ4v) is 6.12. The number of nitrogens with one attached hydrogen (secondary N) is 4. The number of nitrogens with two attached hydrogens (primary N) is 2. The van der Waals surface area contributed by atoms with E-state index in [1.807, 2.05) is 0 Å². The number of imidazole rings is 4. The number of aliphatic hydroxyl groups is 3. The molecule has 11 N–H and O–H groups in total. The number of nitrogens with zero attached hydrogens (tertiary/aromatic N) is 11. The Hall–Kier alpha value is -5.51. The molecular formula is C24H25N17O6S3. The quantitative estimate of drug-likeness (QED) is 0.0499. The molecule has 0 amide bonds. The third-order valence-corrected chi connectivity index (χ3v) is 8.74. The largest absolute Gasteiger partial charge is 0.396 e. The van der Waals surface area contributed by atoms with Crippen LogP contribution in [0.15, 0.2) is 41.7 Å². The fraction of sp³-hybridized carbons (Fsp3) is 0.250. The number of nitro groups is 1. The number of aliphatic hydroxyl groups excluding tert-OH is 3. The Labute approximate surface area is 291 Å². The van der Waals surface area contributed by atoms with Crippen molar-refractivity contribution in [2.45, 2.75) is 34.6 Å². The normalized spacial score (nSPS) is 18.6. The third kappa shape index (κ3) is 6.70. The van der Waals surface area contributed by atoms with Gasteiger partial charge >= 0.3 is 5.82 Å². The number of aromatic nitrogens is 14. The van der Waals surface area contributed by atoms with Crippen molar-refractivity contribution in [2.75, 3.05) is 18.1 Å². The van der Waals surface area contributed by atoms with Gasteiger partial charge in [0.2, 0.25) is 12.3 Å². The molecule has 1 saturated heterocycles. The van der Waals surface area contributed by atoms with E-state index in [-0.39, 0.29) is 22.4 Å². The minimum Gasteiger partial charge on any atom is -0.394 e. The summed E-state index contributed by atoms with van der Waals surface area (Å²) in [7, 11) is 1.66. The first-order chi connectivity index (χ1) is 24.0. The first kappa shape index (κ1) is 34.4. The van der Waals surface area contributed by atoms with Crippen molar-refractivity contribution in [3.63, 3.8) is 0 Å². The molecule has 0 aliphatic carbocycles. The van der Waals surface area contributed by atoms with Crippen LogP contribution in [0.25, 0.3) is 33.5 Å². The van der Waals surface area contributed by atoms with Crippen LogP contribution >= 0.6 is 36.2 Å². The van der Waals surface area contributed by atoms with Crippen LogP contribution in [0.2, 0.25) is 0 Å². The van der Waals surface area contributed by atoms with Crippen LogP contribution in [0.4, 0.5) is 17.7 Å². The molecule has 0 radical (unpaired) electrons. The van der Waals surface area contributed by atoms with Crippen LogP contribution in [0.5, 0.6) is 0 Å². The second-order valence-electron chi connectivity index (χ2n) is 10.2. The number of H-pyrrole nitrogens is 4. The van der Waals surface area contributed by atoms with Gasteiger partial charge < -0.3 is 66.1 Å². The number of nitrogen functional groups attached to an aromatic ring is 2. The molecule has 0 bridgehead atoms. The molecular weight excluding hydrogens is 719 g/mol. The maximum Gasteiger partial charge on any atom is 0.396 e. The third-order valence-electron chi connectivity index (χ3n) is 6.99. The van der Waals surface area contributed by atoms with E-state index >= 15 is 0 Å². The van der Waals surface area contributed by atoms with Gasteiger partial charge in [0.05, 0.1) is 31.9 Å². The highest BCUT2D eigenvalue weighted by Crippen LogP contribution is 2.35. The van der Waals surface area contributed by atoms with E-state index in [1.165, 1.54) is 29.9 Å². The number of rotatable bonds is 5. The monoisotopic (exact) mass is 743 g/mol. The molecule has 8 heterocycles. The molecule has 0 spiro atoms. The lowest BCUT2D eigenvalue weighted by Gasteiger charge is -2.16. The van der Waals surface area contributed by atoms with Crippen LogP contribution in [-0.4, -0.2) is 114 Å². The van der Waals surface area contributed by atoms with Gasteiger partial charge in [-0.15, -0.1) is 0 Å². The second-order valence-corrected chi connectivity index (χ2v) is 11.9. The molecule has 1 aliphatic rings. The Morgan fingerprint density at radius 3 is 2.44 bits per heavy atom. The number of ether oxygens (including phenoxy) is 1. The van der Waals surface area contributed by atoms with Crippen LogP contribution in [0, 0.1) is 19.4 Å². The Morgan fingerprint density at radius 1 is 0.980 bits per heavy atom. The predicted octanol–water partition coefficient (Wildman–Crippen LogP) is 0.426. The summed E-state index contributed by atoms with van der Waals surface area (Å²) < 4.78 is 9.21. The Bertz CT molecular complexity index is 2440. The van der Waals surface area contributed by atoms with Gasteiger partial charge in [0.15, 0.2) is 37.8 Å². The zero-order valence-corrected chi connectivity index (χ0v) is 27.7. The molecule has 8 rings (SSSR count).